The Kier molecular flexibility index (Phi) is 9.03. The summed E-state index contributed by atoms with van der Waals surface area (Å²) < 4.78 is 11.5. The van der Waals surface area contributed by atoms with Crippen LogP contribution in [0.5, 0.6) is 11.5 Å². The predicted octanol–water partition coefficient (Wildman–Crippen LogP) is 3.08. The van der Waals surface area contributed by atoms with Gasteiger partial charge in [0, 0.05) is 25.6 Å². The van der Waals surface area contributed by atoms with Gasteiger partial charge in [-0.3, -0.25) is 4.99 Å². The number of likely N-dealkylation sites (N-methyl/N-ethyl adjacent to an activating group) is 1. The standard InChI is InChI=1S/C22H30N4O2.HI/c1-23-22(24-14-17-13-16-9-5-7-11-20(16)28-17)25-15-19(26(2)3)18-10-6-8-12-21(18)27-4;/h5-12,17,19H,13-15H2,1-4H3,(H2,23,24,25);1H. The first-order chi connectivity index (χ1) is 13.6. The Morgan fingerprint density at radius 3 is 2.59 bits per heavy atom. The van der Waals surface area contributed by atoms with Crippen molar-refractivity contribution in [2.75, 3.05) is 41.3 Å². The van der Waals surface area contributed by atoms with Crippen molar-refractivity contribution < 1.29 is 9.47 Å². The van der Waals surface area contributed by atoms with Crippen molar-refractivity contribution in [1.29, 1.82) is 0 Å². The fourth-order valence-corrected chi connectivity index (χ4v) is 3.50. The first-order valence-electron chi connectivity index (χ1n) is 9.60. The number of methoxy groups -OCH3 is 1. The zero-order valence-corrected chi connectivity index (χ0v) is 19.8. The maximum absolute atomic E-state index is 6.00. The van der Waals surface area contributed by atoms with Gasteiger partial charge in [0.2, 0.25) is 0 Å². The number of benzene rings is 2. The minimum Gasteiger partial charge on any atom is -0.496 e. The van der Waals surface area contributed by atoms with Crippen LogP contribution in [0.1, 0.15) is 17.2 Å². The zero-order chi connectivity index (χ0) is 19.9. The molecule has 0 aliphatic carbocycles. The number of nitrogens with zero attached hydrogens (tertiary/aromatic N) is 2. The van der Waals surface area contributed by atoms with E-state index in [1.54, 1.807) is 14.2 Å². The molecule has 0 saturated carbocycles. The van der Waals surface area contributed by atoms with E-state index in [1.165, 1.54) is 5.56 Å². The quantitative estimate of drug-likeness (QED) is 0.341. The normalized spacial score (nSPS) is 16.4. The highest BCUT2D eigenvalue weighted by molar-refractivity contribution is 14.0. The number of halogens is 1. The molecule has 0 aromatic heterocycles. The molecule has 1 heterocycles. The number of fused-ring (bicyclic) bond motifs is 1. The zero-order valence-electron chi connectivity index (χ0n) is 17.5. The molecule has 6 nitrogen and oxygen atoms in total. The van der Waals surface area contributed by atoms with Crippen LogP contribution in [0.4, 0.5) is 0 Å². The molecule has 0 saturated heterocycles. The highest BCUT2D eigenvalue weighted by atomic mass is 127. The Hall–Kier alpha value is -2.00. The lowest BCUT2D eigenvalue weighted by molar-refractivity contribution is 0.234. The van der Waals surface area contributed by atoms with Gasteiger partial charge >= 0.3 is 0 Å². The van der Waals surface area contributed by atoms with Gasteiger partial charge in [-0.25, -0.2) is 0 Å². The van der Waals surface area contributed by atoms with Crippen molar-refractivity contribution in [3.8, 4) is 11.5 Å². The molecule has 1 aliphatic heterocycles. The number of para-hydroxylation sites is 2. The van der Waals surface area contributed by atoms with Gasteiger partial charge in [-0.05, 0) is 31.8 Å². The lowest BCUT2D eigenvalue weighted by atomic mass is 10.0. The first-order valence-corrected chi connectivity index (χ1v) is 9.60. The van der Waals surface area contributed by atoms with Gasteiger partial charge in [-0.1, -0.05) is 36.4 Å². The van der Waals surface area contributed by atoms with Crippen LogP contribution >= 0.6 is 24.0 Å². The van der Waals surface area contributed by atoms with E-state index in [4.69, 9.17) is 9.47 Å². The van der Waals surface area contributed by atoms with Crippen molar-refractivity contribution in [3.63, 3.8) is 0 Å². The van der Waals surface area contributed by atoms with E-state index in [9.17, 15) is 0 Å². The molecule has 0 amide bonds. The third-order valence-electron chi connectivity index (χ3n) is 5.02. The monoisotopic (exact) mass is 510 g/mol. The summed E-state index contributed by atoms with van der Waals surface area (Å²) in [7, 11) is 7.63. The minimum absolute atomic E-state index is 0. The van der Waals surface area contributed by atoms with E-state index < -0.39 is 0 Å². The Labute approximate surface area is 190 Å². The largest absolute Gasteiger partial charge is 0.496 e. The maximum Gasteiger partial charge on any atom is 0.191 e. The van der Waals surface area contributed by atoms with Gasteiger partial charge in [-0.15, -0.1) is 24.0 Å². The van der Waals surface area contributed by atoms with Gasteiger partial charge < -0.3 is 25.0 Å². The van der Waals surface area contributed by atoms with Gasteiger partial charge in [-0.2, -0.15) is 0 Å². The molecule has 2 atom stereocenters. The molecular weight excluding hydrogens is 479 g/mol. The number of nitrogens with one attached hydrogen (secondary N) is 2. The summed E-state index contributed by atoms with van der Waals surface area (Å²) >= 11 is 0. The maximum atomic E-state index is 6.00. The molecular formula is C22H31IN4O2. The van der Waals surface area contributed by atoms with Crippen molar-refractivity contribution in [3.05, 3.63) is 59.7 Å². The van der Waals surface area contributed by atoms with E-state index in [-0.39, 0.29) is 36.1 Å². The molecule has 158 valence electrons. The van der Waals surface area contributed by atoms with Crippen LogP contribution in [0.15, 0.2) is 53.5 Å². The van der Waals surface area contributed by atoms with E-state index in [0.29, 0.717) is 13.1 Å². The van der Waals surface area contributed by atoms with E-state index in [1.807, 2.05) is 30.3 Å². The fraction of sp³-hybridized carbons (Fsp3) is 0.409. The van der Waals surface area contributed by atoms with Gasteiger partial charge in [0.25, 0.3) is 0 Å². The summed E-state index contributed by atoms with van der Waals surface area (Å²) in [6.07, 6.45) is 1.04. The van der Waals surface area contributed by atoms with Crippen LogP contribution in [0.25, 0.3) is 0 Å². The molecule has 0 bridgehead atoms. The summed E-state index contributed by atoms with van der Waals surface area (Å²) in [4.78, 5) is 6.53. The smallest absolute Gasteiger partial charge is 0.191 e. The second-order valence-electron chi connectivity index (χ2n) is 7.11. The second-order valence-corrected chi connectivity index (χ2v) is 7.11. The van der Waals surface area contributed by atoms with Crippen LogP contribution in [0.2, 0.25) is 0 Å². The Morgan fingerprint density at radius 2 is 1.90 bits per heavy atom. The highest BCUT2D eigenvalue weighted by Crippen LogP contribution is 2.28. The summed E-state index contributed by atoms with van der Waals surface area (Å²) in [6.45, 7) is 1.41. The van der Waals surface area contributed by atoms with Crippen molar-refractivity contribution in [2.24, 2.45) is 4.99 Å². The lowest BCUT2D eigenvalue weighted by Crippen LogP contribution is -2.44. The van der Waals surface area contributed by atoms with Crippen LogP contribution in [-0.2, 0) is 6.42 Å². The summed E-state index contributed by atoms with van der Waals surface area (Å²) in [5.41, 5.74) is 2.41. The molecule has 29 heavy (non-hydrogen) atoms. The molecule has 7 heteroatoms. The molecule has 2 aromatic rings. The average Bonchev–Trinajstić information content (AvgIpc) is 3.13. The van der Waals surface area contributed by atoms with Crippen molar-refractivity contribution in [1.82, 2.24) is 15.5 Å². The third-order valence-corrected chi connectivity index (χ3v) is 5.02. The number of hydrogen-bond acceptors (Lipinski definition) is 4. The summed E-state index contributed by atoms with van der Waals surface area (Å²) in [5, 5.41) is 6.82. The Bertz CT molecular complexity index is 788. The minimum atomic E-state index is 0. The van der Waals surface area contributed by atoms with Gasteiger partial charge in [0.1, 0.15) is 17.6 Å². The number of aliphatic imine (C=N–C) groups is 1. The van der Waals surface area contributed by atoms with Crippen LogP contribution in [0.3, 0.4) is 0 Å². The lowest BCUT2D eigenvalue weighted by Gasteiger charge is -2.27. The Morgan fingerprint density at radius 1 is 1.17 bits per heavy atom. The third kappa shape index (κ3) is 5.99. The number of rotatable bonds is 7. The van der Waals surface area contributed by atoms with E-state index in [0.717, 1.165) is 29.4 Å². The number of hydrogen-bond donors (Lipinski definition) is 2. The van der Waals surface area contributed by atoms with Crippen LogP contribution in [-0.4, -0.2) is 58.3 Å². The first kappa shape index (κ1) is 23.3. The molecule has 0 radical (unpaired) electrons. The van der Waals surface area contributed by atoms with Crippen molar-refractivity contribution >= 4 is 29.9 Å². The molecule has 0 spiro atoms. The Balaban J connectivity index is 0.00000300. The summed E-state index contributed by atoms with van der Waals surface area (Å²) in [6, 6.07) is 16.5. The molecule has 0 fully saturated rings. The fourth-order valence-electron chi connectivity index (χ4n) is 3.50. The van der Waals surface area contributed by atoms with E-state index in [2.05, 4.69) is 52.8 Å². The number of guanidine groups is 1. The molecule has 1 aliphatic rings. The summed E-state index contributed by atoms with van der Waals surface area (Å²) in [5.74, 6) is 2.64. The molecule has 2 N–H and O–H groups in total. The van der Waals surface area contributed by atoms with Crippen molar-refractivity contribution in [2.45, 2.75) is 18.6 Å². The SMILES string of the molecule is CN=C(NCC1Cc2ccccc2O1)NCC(c1ccccc1OC)N(C)C.I. The van der Waals surface area contributed by atoms with Crippen LogP contribution in [0, 0.1) is 0 Å². The van der Waals surface area contributed by atoms with Gasteiger partial charge in [0.15, 0.2) is 5.96 Å². The average molecular weight is 510 g/mol. The highest BCUT2D eigenvalue weighted by Gasteiger charge is 2.23. The number of ether oxygens (including phenoxy) is 2. The molecule has 3 rings (SSSR count). The van der Waals surface area contributed by atoms with Gasteiger partial charge in [0.05, 0.1) is 19.7 Å². The van der Waals surface area contributed by atoms with E-state index >= 15 is 0 Å². The van der Waals surface area contributed by atoms with Crippen LogP contribution < -0.4 is 20.1 Å². The topological polar surface area (TPSA) is 58.1 Å². The predicted molar refractivity (Wildman–Crippen MR) is 129 cm³/mol. The second kappa shape index (κ2) is 11.3. The molecule has 2 unspecified atom stereocenters. The molecule has 2 aromatic carbocycles.